The fourth-order valence-electron chi connectivity index (χ4n) is 2.91. The van der Waals surface area contributed by atoms with E-state index in [1.807, 2.05) is 0 Å². The largest absolute Gasteiger partial charge is 0.511 e. The summed E-state index contributed by atoms with van der Waals surface area (Å²) in [6.45, 7) is 1.78. The number of carbonyl (C=O) groups is 1. The van der Waals surface area contributed by atoms with Crippen molar-refractivity contribution in [3.8, 4) is 11.3 Å². The molecule has 0 aliphatic heterocycles. The molecule has 0 radical (unpaired) electrons. The molecule has 30 heavy (non-hydrogen) atoms. The van der Waals surface area contributed by atoms with Crippen LogP contribution in [0.25, 0.3) is 22.7 Å². The topological polar surface area (TPSA) is 93.8 Å². The van der Waals surface area contributed by atoms with Crippen molar-refractivity contribution >= 4 is 17.4 Å². The first kappa shape index (κ1) is 21.2. The standard InChI is InChI=1S/C19H15F4N3O4/c1-2-30-16(29)6-5-14(27)17-15(28)8-13(26-18(17)24-9-25-26)10-3-4-12(20)11(7-10)19(21,22)23/h3-4,7-9,27H,2,5-6H2,1H3/b17-14-. The molecule has 0 aliphatic carbocycles. The average Bonchev–Trinajstić information content (AvgIpc) is 3.14. The molecule has 3 rings (SSSR count). The monoisotopic (exact) mass is 425 g/mol. The van der Waals surface area contributed by atoms with E-state index in [4.69, 9.17) is 4.74 Å². The van der Waals surface area contributed by atoms with Gasteiger partial charge < -0.3 is 9.84 Å². The van der Waals surface area contributed by atoms with Crippen molar-refractivity contribution in [3.05, 3.63) is 57.4 Å². The first-order valence-electron chi connectivity index (χ1n) is 8.75. The highest BCUT2D eigenvalue weighted by molar-refractivity contribution is 5.71. The van der Waals surface area contributed by atoms with Gasteiger partial charge in [0.2, 0.25) is 0 Å². The maximum absolute atomic E-state index is 13.6. The van der Waals surface area contributed by atoms with Gasteiger partial charge in [0.25, 0.3) is 0 Å². The first-order chi connectivity index (χ1) is 14.1. The molecule has 2 aromatic heterocycles. The van der Waals surface area contributed by atoms with Gasteiger partial charge in [-0.1, -0.05) is 0 Å². The lowest BCUT2D eigenvalue weighted by atomic mass is 10.1. The molecule has 1 N–H and O–H groups in total. The molecule has 0 saturated heterocycles. The Bertz CT molecular complexity index is 1220. The van der Waals surface area contributed by atoms with Crippen LogP contribution in [0.2, 0.25) is 0 Å². The molecule has 0 unspecified atom stereocenters. The summed E-state index contributed by atoms with van der Waals surface area (Å²) < 4.78 is 58.5. The fourth-order valence-corrected chi connectivity index (χ4v) is 2.91. The number of hydrogen-bond acceptors (Lipinski definition) is 6. The highest BCUT2D eigenvalue weighted by Gasteiger charge is 2.34. The molecule has 0 fully saturated rings. The molecular formula is C19H15F4N3O4. The number of rotatable bonds is 5. The predicted octanol–water partition coefficient (Wildman–Crippen LogP) is 2.64. The van der Waals surface area contributed by atoms with Gasteiger partial charge in [-0.2, -0.15) is 18.3 Å². The summed E-state index contributed by atoms with van der Waals surface area (Å²) in [4.78, 5) is 28.0. The number of aliphatic hydroxyl groups excluding tert-OH is 1. The minimum atomic E-state index is -4.93. The van der Waals surface area contributed by atoms with Crippen LogP contribution in [0.1, 0.15) is 25.3 Å². The molecule has 11 heteroatoms. The molecular weight excluding hydrogens is 410 g/mol. The minimum Gasteiger partial charge on any atom is -0.511 e. The van der Waals surface area contributed by atoms with Gasteiger partial charge in [-0.3, -0.25) is 9.59 Å². The summed E-state index contributed by atoms with van der Waals surface area (Å²) >= 11 is 0. The Kier molecular flexibility index (Phi) is 5.72. The Hall–Kier alpha value is -3.50. The molecule has 3 aromatic rings. The number of ether oxygens (including phenoxy) is 1. The second-order valence-electron chi connectivity index (χ2n) is 6.21. The maximum Gasteiger partial charge on any atom is 0.419 e. The lowest BCUT2D eigenvalue weighted by Gasteiger charge is -2.11. The molecule has 1 aromatic carbocycles. The molecule has 0 saturated carbocycles. The number of fused-ring (bicyclic) bond motifs is 1. The van der Waals surface area contributed by atoms with E-state index < -0.39 is 34.7 Å². The molecule has 158 valence electrons. The number of esters is 1. The highest BCUT2D eigenvalue weighted by Crippen LogP contribution is 2.34. The summed E-state index contributed by atoms with van der Waals surface area (Å²) in [7, 11) is 0. The van der Waals surface area contributed by atoms with Gasteiger partial charge in [-0.05, 0) is 25.1 Å². The summed E-state index contributed by atoms with van der Waals surface area (Å²) in [5.41, 5.74) is -2.54. The number of pyridine rings is 1. The highest BCUT2D eigenvalue weighted by atomic mass is 19.4. The summed E-state index contributed by atoms with van der Waals surface area (Å²) in [5.74, 6) is -2.46. The molecule has 0 spiro atoms. The quantitative estimate of drug-likeness (QED) is 0.499. The van der Waals surface area contributed by atoms with Gasteiger partial charge in [0.1, 0.15) is 23.1 Å². The zero-order valence-electron chi connectivity index (χ0n) is 15.5. The molecule has 7 nitrogen and oxygen atoms in total. The Morgan fingerprint density at radius 2 is 1.97 bits per heavy atom. The second kappa shape index (κ2) is 8.09. The summed E-state index contributed by atoms with van der Waals surface area (Å²) in [6.07, 6.45) is -4.27. The van der Waals surface area contributed by atoms with E-state index in [0.717, 1.165) is 23.0 Å². The van der Waals surface area contributed by atoms with Crippen LogP contribution < -0.4 is 10.6 Å². The van der Waals surface area contributed by atoms with E-state index in [0.29, 0.717) is 12.1 Å². The summed E-state index contributed by atoms with van der Waals surface area (Å²) in [6, 6.07) is 3.24. The average molecular weight is 425 g/mol. The van der Waals surface area contributed by atoms with Crippen LogP contribution in [0.5, 0.6) is 0 Å². The zero-order valence-corrected chi connectivity index (χ0v) is 15.5. The third-order valence-electron chi connectivity index (χ3n) is 4.24. The predicted molar refractivity (Wildman–Crippen MR) is 96.8 cm³/mol. The summed E-state index contributed by atoms with van der Waals surface area (Å²) in [5, 5.41) is 14.0. The van der Waals surface area contributed by atoms with Crippen LogP contribution in [-0.2, 0) is 15.7 Å². The van der Waals surface area contributed by atoms with Crippen molar-refractivity contribution in [1.29, 1.82) is 0 Å². The van der Waals surface area contributed by atoms with E-state index in [1.165, 1.54) is 0 Å². The lowest BCUT2D eigenvalue weighted by Crippen LogP contribution is -2.30. The van der Waals surface area contributed by atoms with Crippen LogP contribution in [0, 0.1) is 5.82 Å². The number of hydrogen-bond donors (Lipinski definition) is 1. The van der Waals surface area contributed by atoms with Gasteiger partial charge in [0.05, 0.1) is 24.3 Å². The lowest BCUT2D eigenvalue weighted by molar-refractivity contribution is -0.143. The van der Waals surface area contributed by atoms with Gasteiger partial charge in [0.15, 0.2) is 11.1 Å². The number of alkyl halides is 3. The molecule has 0 atom stereocenters. The number of halogens is 4. The third-order valence-corrected chi connectivity index (χ3v) is 4.24. The SMILES string of the molecule is CCOC(=O)CC/C(O)=c1\c(=O)cc(-c2ccc(F)c(C(F)(F)F)c2)n2ncnc12. The van der Waals surface area contributed by atoms with E-state index in [-0.39, 0.29) is 41.6 Å². The van der Waals surface area contributed by atoms with Crippen molar-refractivity contribution in [2.75, 3.05) is 6.61 Å². The first-order valence-corrected chi connectivity index (χ1v) is 8.75. The smallest absolute Gasteiger partial charge is 0.419 e. The normalized spacial score (nSPS) is 12.8. The minimum absolute atomic E-state index is 0.0695. The Balaban J connectivity index is 2.15. The van der Waals surface area contributed by atoms with E-state index in [9.17, 15) is 32.3 Å². The van der Waals surface area contributed by atoms with Gasteiger partial charge >= 0.3 is 12.1 Å². The van der Waals surface area contributed by atoms with Crippen molar-refractivity contribution in [2.24, 2.45) is 0 Å². The van der Waals surface area contributed by atoms with Crippen LogP contribution in [0.4, 0.5) is 17.6 Å². The van der Waals surface area contributed by atoms with Crippen LogP contribution in [-0.4, -0.2) is 32.3 Å². The van der Waals surface area contributed by atoms with Gasteiger partial charge in [-0.25, -0.2) is 13.9 Å². The molecule has 2 heterocycles. The fraction of sp³-hybridized carbons (Fsp3) is 0.263. The molecule has 0 bridgehead atoms. The Morgan fingerprint density at radius 3 is 2.63 bits per heavy atom. The van der Waals surface area contributed by atoms with Crippen molar-refractivity contribution in [2.45, 2.75) is 25.9 Å². The van der Waals surface area contributed by atoms with E-state index in [2.05, 4.69) is 10.1 Å². The van der Waals surface area contributed by atoms with E-state index >= 15 is 0 Å². The van der Waals surface area contributed by atoms with Crippen LogP contribution in [0.3, 0.4) is 0 Å². The number of aliphatic hydroxyl groups is 1. The van der Waals surface area contributed by atoms with Crippen LogP contribution >= 0.6 is 0 Å². The molecule has 0 aliphatic rings. The van der Waals surface area contributed by atoms with Crippen molar-refractivity contribution < 1.29 is 32.2 Å². The van der Waals surface area contributed by atoms with Crippen molar-refractivity contribution in [3.63, 3.8) is 0 Å². The molecule has 0 amide bonds. The van der Waals surface area contributed by atoms with Crippen LogP contribution in [0.15, 0.2) is 35.4 Å². The second-order valence-corrected chi connectivity index (χ2v) is 6.21. The Morgan fingerprint density at radius 1 is 1.23 bits per heavy atom. The van der Waals surface area contributed by atoms with E-state index in [1.54, 1.807) is 6.92 Å². The van der Waals surface area contributed by atoms with Crippen molar-refractivity contribution in [1.82, 2.24) is 14.6 Å². The number of aromatic nitrogens is 3. The van der Waals surface area contributed by atoms with Gasteiger partial charge in [-0.15, -0.1) is 0 Å². The third kappa shape index (κ3) is 4.09. The Labute approximate surface area is 166 Å². The number of nitrogens with zero attached hydrogens (tertiary/aromatic N) is 3. The van der Waals surface area contributed by atoms with Gasteiger partial charge in [0, 0.05) is 18.1 Å². The maximum atomic E-state index is 13.6. The zero-order chi connectivity index (χ0) is 22.1. The number of carbonyl (C=O) groups excluding carboxylic acids is 1. The number of benzene rings is 1.